The van der Waals surface area contributed by atoms with Crippen LogP contribution < -0.4 is 0 Å². The summed E-state index contributed by atoms with van der Waals surface area (Å²) in [5.41, 5.74) is 2.13. The third-order valence-corrected chi connectivity index (χ3v) is 15.6. The van der Waals surface area contributed by atoms with Crippen LogP contribution in [0.3, 0.4) is 0 Å². The van der Waals surface area contributed by atoms with Crippen LogP contribution in [-0.2, 0) is 8.85 Å². The Kier molecular flexibility index (Phi) is 7.37. The first-order valence-corrected chi connectivity index (χ1v) is 15.7. The molecule has 26 heavy (non-hydrogen) atoms. The molecule has 152 valence electrons. The molecule has 1 saturated carbocycles. The fourth-order valence-corrected chi connectivity index (χ4v) is 5.38. The topological polar surface area (TPSA) is 38.7 Å². The van der Waals surface area contributed by atoms with Crippen molar-refractivity contribution >= 4 is 16.6 Å². The lowest BCUT2D eigenvalue weighted by Crippen LogP contribution is -2.49. The highest BCUT2D eigenvalue weighted by atomic mass is 28.4. The van der Waals surface area contributed by atoms with E-state index in [0.29, 0.717) is 0 Å². The van der Waals surface area contributed by atoms with E-state index in [-0.39, 0.29) is 28.9 Å². The van der Waals surface area contributed by atoms with Gasteiger partial charge in [0.05, 0.1) is 18.8 Å². The van der Waals surface area contributed by atoms with Crippen LogP contribution in [0.2, 0.25) is 36.3 Å². The van der Waals surface area contributed by atoms with Crippen LogP contribution in [-0.4, -0.2) is 40.6 Å². The summed E-state index contributed by atoms with van der Waals surface area (Å²) in [5, 5.41) is 9.78. The van der Waals surface area contributed by atoms with Gasteiger partial charge in [0, 0.05) is 6.42 Å². The number of hydrogen-bond acceptors (Lipinski definition) is 3. The van der Waals surface area contributed by atoms with Gasteiger partial charge in [-0.1, -0.05) is 54.2 Å². The van der Waals surface area contributed by atoms with Crippen molar-refractivity contribution in [2.24, 2.45) is 0 Å². The second-order valence-corrected chi connectivity index (χ2v) is 20.3. The van der Waals surface area contributed by atoms with Gasteiger partial charge in [0.15, 0.2) is 16.6 Å². The van der Waals surface area contributed by atoms with Gasteiger partial charge in [-0.15, -0.1) is 0 Å². The van der Waals surface area contributed by atoms with E-state index in [1.807, 2.05) is 6.08 Å². The van der Waals surface area contributed by atoms with E-state index in [2.05, 4.69) is 74.3 Å². The van der Waals surface area contributed by atoms with Crippen molar-refractivity contribution in [2.45, 2.75) is 103 Å². The van der Waals surface area contributed by atoms with Crippen molar-refractivity contribution in [1.29, 1.82) is 0 Å². The monoisotopic (exact) mass is 398 g/mol. The fraction of sp³-hybridized carbons (Fsp3) is 0.810. The average molecular weight is 399 g/mol. The molecule has 1 aliphatic rings. The Morgan fingerprint density at radius 2 is 1.46 bits per heavy atom. The SMILES string of the molecule is C=C1/C(=C\CO)CC(O[Si](C)(C)C(C)(C)C)CC1O[Si](C)(C)C(C)(C)C. The van der Waals surface area contributed by atoms with E-state index in [0.717, 1.165) is 24.0 Å². The predicted molar refractivity (Wildman–Crippen MR) is 118 cm³/mol. The van der Waals surface area contributed by atoms with Crippen LogP contribution in [0, 0.1) is 0 Å². The molecular weight excluding hydrogens is 356 g/mol. The van der Waals surface area contributed by atoms with Gasteiger partial charge >= 0.3 is 0 Å². The average Bonchev–Trinajstić information content (AvgIpc) is 2.40. The standard InChI is InChI=1S/C21H42O3Si2/c1-16-17(12-13-22)14-18(23-25(8,9)20(2,3)4)15-19(16)24-26(10,11)21(5,6)7/h12,18-19,22H,1,13-15H2,2-11H3/b17-12-. The molecule has 0 aromatic carbocycles. The Morgan fingerprint density at radius 3 is 1.88 bits per heavy atom. The maximum Gasteiger partial charge on any atom is 0.192 e. The molecular formula is C21H42O3Si2. The molecule has 0 radical (unpaired) electrons. The highest BCUT2D eigenvalue weighted by molar-refractivity contribution is 6.74. The van der Waals surface area contributed by atoms with Gasteiger partial charge in [-0.2, -0.15) is 0 Å². The molecule has 1 fully saturated rings. The van der Waals surface area contributed by atoms with E-state index < -0.39 is 16.6 Å². The molecule has 0 heterocycles. The number of rotatable bonds is 5. The minimum absolute atomic E-state index is 0.0165. The molecule has 0 amide bonds. The fourth-order valence-electron chi connectivity index (χ4n) is 2.71. The van der Waals surface area contributed by atoms with E-state index in [9.17, 15) is 5.11 Å². The minimum atomic E-state index is -1.91. The van der Waals surface area contributed by atoms with E-state index in [4.69, 9.17) is 8.85 Å². The Balaban J connectivity index is 3.08. The zero-order valence-electron chi connectivity index (χ0n) is 18.8. The molecule has 0 bridgehead atoms. The maximum atomic E-state index is 9.45. The number of aliphatic hydroxyl groups is 1. The predicted octanol–water partition coefficient (Wildman–Crippen LogP) is 6.04. The summed E-state index contributed by atoms with van der Waals surface area (Å²) < 4.78 is 13.4. The van der Waals surface area contributed by atoms with Crippen LogP contribution in [0.25, 0.3) is 0 Å². The van der Waals surface area contributed by atoms with E-state index in [1.54, 1.807) is 0 Å². The van der Waals surface area contributed by atoms with Gasteiger partial charge in [-0.05, 0) is 53.8 Å². The van der Waals surface area contributed by atoms with Gasteiger partial charge in [0.25, 0.3) is 0 Å². The van der Waals surface area contributed by atoms with Crippen molar-refractivity contribution in [1.82, 2.24) is 0 Å². The Morgan fingerprint density at radius 1 is 1.00 bits per heavy atom. The van der Waals surface area contributed by atoms with Crippen molar-refractivity contribution in [3.8, 4) is 0 Å². The molecule has 5 heteroatoms. The van der Waals surface area contributed by atoms with Gasteiger partial charge in [0.2, 0.25) is 0 Å². The molecule has 0 aromatic rings. The molecule has 0 aliphatic heterocycles. The van der Waals surface area contributed by atoms with E-state index in [1.165, 1.54) is 0 Å². The molecule has 0 aromatic heterocycles. The summed E-state index contributed by atoms with van der Waals surface area (Å²) in [5.74, 6) is 0. The Bertz CT molecular complexity index is 536. The van der Waals surface area contributed by atoms with Crippen molar-refractivity contribution in [3.05, 3.63) is 23.8 Å². The molecule has 1 rings (SSSR count). The summed E-state index contributed by atoms with van der Waals surface area (Å²) in [6.45, 7) is 27.1. The molecule has 3 nitrogen and oxygen atoms in total. The molecule has 2 atom stereocenters. The second-order valence-electron chi connectivity index (χ2n) is 10.7. The van der Waals surface area contributed by atoms with Crippen molar-refractivity contribution in [3.63, 3.8) is 0 Å². The number of hydrogen-bond donors (Lipinski definition) is 1. The summed E-state index contributed by atoms with van der Waals surface area (Å²) in [6, 6.07) is 0. The number of aliphatic hydroxyl groups excluding tert-OH is 1. The zero-order chi connectivity index (χ0) is 20.6. The molecule has 0 spiro atoms. The normalized spacial score (nSPS) is 25.0. The first kappa shape index (κ1) is 23.8. The van der Waals surface area contributed by atoms with Gasteiger partial charge in [-0.3, -0.25) is 0 Å². The summed E-state index contributed by atoms with van der Waals surface area (Å²) in [4.78, 5) is 0. The largest absolute Gasteiger partial charge is 0.413 e. The first-order chi connectivity index (χ1) is 11.5. The van der Waals surface area contributed by atoms with Crippen molar-refractivity contribution < 1.29 is 14.0 Å². The molecule has 1 N–H and O–H groups in total. The Labute approximate surface area is 164 Å². The maximum absolute atomic E-state index is 9.45. The van der Waals surface area contributed by atoms with Gasteiger partial charge in [-0.25, -0.2) is 0 Å². The van der Waals surface area contributed by atoms with Gasteiger partial charge < -0.3 is 14.0 Å². The van der Waals surface area contributed by atoms with Crippen LogP contribution in [0.1, 0.15) is 54.4 Å². The van der Waals surface area contributed by atoms with Crippen molar-refractivity contribution in [2.75, 3.05) is 6.61 Å². The summed E-state index contributed by atoms with van der Waals surface area (Å²) in [6.07, 6.45) is 3.68. The minimum Gasteiger partial charge on any atom is -0.413 e. The highest BCUT2D eigenvalue weighted by Crippen LogP contribution is 2.43. The lowest BCUT2D eigenvalue weighted by Gasteiger charge is -2.45. The smallest absolute Gasteiger partial charge is 0.192 e. The lowest BCUT2D eigenvalue weighted by molar-refractivity contribution is 0.0967. The second kappa shape index (κ2) is 8.04. The van der Waals surface area contributed by atoms with E-state index >= 15 is 0 Å². The van der Waals surface area contributed by atoms with Crippen LogP contribution in [0.4, 0.5) is 0 Å². The summed E-state index contributed by atoms with van der Waals surface area (Å²) in [7, 11) is -3.76. The molecule has 1 aliphatic carbocycles. The van der Waals surface area contributed by atoms with Crippen LogP contribution >= 0.6 is 0 Å². The summed E-state index contributed by atoms with van der Waals surface area (Å²) >= 11 is 0. The highest BCUT2D eigenvalue weighted by Gasteiger charge is 2.44. The van der Waals surface area contributed by atoms with Crippen LogP contribution in [0.15, 0.2) is 23.8 Å². The molecule has 0 saturated heterocycles. The van der Waals surface area contributed by atoms with Gasteiger partial charge in [0.1, 0.15) is 0 Å². The third kappa shape index (κ3) is 5.65. The Hall–Kier alpha value is -0.206. The zero-order valence-corrected chi connectivity index (χ0v) is 20.8. The lowest BCUT2D eigenvalue weighted by atomic mass is 9.86. The van der Waals surface area contributed by atoms with Crippen LogP contribution in [0.5, 0.6) is 0 Å². The third-order valence-electron chi connectivity index (χ3n) is 6.57. The quantitative estimate of drug-likeness (QED) is 0.574. The first-order valence-electron chi connectivity index (χ1n) is 9.86. The molecule has 2 unspecified atom stereocenters.